The summed E-state index contributed by atoms with van der Waals surface area (Å²) in [6.45, 7) is 4.16. The molecule has 0 aliphatic rings. The van der Waals surface area contributed by atoms with E-state index < -0.39 is 0 Å². The van der Waals surface area contributed by atoms with Crippen LogP contribution in [0.2, 0.25) is 0 Å². The van der Waals surface area contributed by atoms with Crippen LogP contribution < -0.4 is 5.32 Å². The molecule has 5 heteroatoms. The maximum atomic E-state index is 12.0. The summed E-state index contributed by atoms with van der Waals surface area (Å²) in [6.07, 6.45) is 0.260. The zero-order valence-corrected chi connectivity index (χ0v) is 11.9. The molecule has 1 N–H and O–H groups in total. The number of benzene rings is 1. The zero-order chi connectivity index (χ0) is 14.5. The van der Waals surface area contributed by atoms with E-state index in [0.717, 1.165) is 22.5 Å². The van der Waals surface area contributed by atoms with E-state index in [0.29, 0.717) is 12.4 Å². The molecular formula is C15H18N2O3. The smallest absolute Gasteiger partial charge is 0.228 e. The van der Waals surface area contributed by atoms with Crippen molar-refractivity contribution in [3.8, 4) is 0 Å². The van der Waals surface area contributed by atoms with Gasteiger partial charge in [0.25, 0.3) is 0 Å². The van der Waals surface area contributed by atoms with Gasteiger partial charge in [-0.05, 0) is 31.5 Å². The molecule has 106 valence electrons. The van der Waals surface area contributed by atoms with Crippen molar-refractivity contribution in [3.05, 3.63) is 46.8 Å². The monoisotopic (exact) mass is 274 g/mol. The number of carbonyl (C=O) groups is 1. The maximum absolute atomic E-state index is 12.0. The third kappa shape index (κ3) is 3.45. The lowest BCUT2D eigenvalue weighted by Gasteiger charge is -2.07. The number of nitrogens with one attached hydrogen (secondary N) is 1. The van der Waals surface area contributed by atoms with Crippen LogP contribution in [-0.2, 0) is 22.6 Å². The number of amides is 1. The van der Waals surface area contributed by atoms with Crippen LogP contribution in [0.25, 0.3) is 0 Å². The van der Waals surface area contributed by atoms with E-state index in [-0.39, 0.29) is 12.3 Å². The van der Waals surface area contributed by atoms with Crippen LogP contribution in [-0.4, -0.2) is 18.2 Å². The lowest BCUT2D eigenvalue weighted by molar-refractivity contribution is -0.115. The van der Waals surface area contributed by atoms with E-state index in [1.807, 2.05) is 38.1 Å². The molecule has 0 atom stereocenters. The molecule has 1 amide bonds. The van der Waals surface area contributed by atoms with Crippen LogP contribution in [0.15, 0.2) is 28.8 Å². The lowest BCUT2D eigenvalue weighted by Crippen LogP contribution is -2.15. The first-order valence-electron chi connectivity index (χ1n) is 6.39. The van der Waals surface area contributed by atoms with Gasteiger partial charge in [0.1, 0.15) is 5.76 Å². The summed E-state index contributed by atoms with van der Waals surface area (Å²) in [6, 6.07) is 7.59. The van der Waals surface area contributed by atoms with Gasteiger partial charge >= 0.3 is 0 Å². The maximum Gasteiger partial charge on any atom is 0.228 e. The highest BCUT2D eigenvalue weighted by molar-refractivity contribution is 5.92. The predicted molar refractivity (Wildman–Crippen MR) is 75.5 cm³/mol. The molecule has 0 fully saturated rings. The van der Waals surface area contributed by atoms with Gasteiger partial charge in [0.2, 0.25) is 5.91 Å². The Morgan fingerprint density at radius 2 is 2.20 bits per heavy atom. The highest BCUT2D eigenvalue weighted by Gasteiger charge is 2.13. The van der Waals surface area contributed by atoms with E-state index in [2.05, 4.69) is 10.5 Å². The van der Waals surface area contributed by atoms with Crippen molar-refractivity contribution in [2.45, 2.75) is 26.9 Å². The molecule has 2 rings (SSSR count). The van der Waals surface area contributed by atoms with Crippen LogP contribution >= 0.6 is 0 Å². The first-order valence-corrected chi connectivity index (χ1v) is 6.39. The Morgan fingerprint density at radius 1 is 1.40 bits per heavy atom. The van der Waals surface area contributed by atoms with Crippen LogP contribution in [0.1, 0.15) is 22.6 Å². The summed E-state index contributed by atoms with van der Waals surface area (Å²) in [4.78, 5) is 12.0. The molecule has 0 radical (unpaired) electrons. The number of anilines is 1. The molecule has 1 heterocycles. The molecule has 20 heavy (non-hydrogen) atoms. The van der Waals surface area contributed by atoms with E-state index in [1.165, 1.54) is 0 Å². The van der Waals surface area contributed by atoms with Gasteiger partial charge in [-0.1, -0.05) is 17.3 Å². The number of ether oxygens (including phenoxy) is 1. The zero-order valence-electron chi connectivity index (χ0n) is 11.9. The average Bonchev–Trinajstić information content (AvgIpc) is 2.71. The second-order valence-electron chi connectivity index (χ2n) is 4.66. The van der Waals surface area contributed by atoms with Gasteiger partial charge in [-0.2, -0.15) is 0 Å². The number of aromatic nitrogens is 1. The molecule has 0 spiro atoms. The summed E-state index contributed by atoms with van der Waals surface area (Å²) >= 11 is 0. The number of hydrogen-bond acceptors (Lipinski definition) is 4. The fraction of sp³-hybridized carbons (Fsp3) is 0.333. The number of nitrogens with zero attached hydrogens (tertiary/aromatic N) is 1. The highest BCUT2D eigenvalue weighted by Crippen LogP contribution is 2.15. The SMILES string of the molecule is COCc1cccc(NC(=O)Cc2c(C)noc2C)c1. The lowest BCUT2D eigenvalue weighted by atomic mass is 10.1. The number of aryl methyl sites for hydroxylation is 2. The molecule has 1 aromatic heterocycles. The molecule has 5 nitrogen and oxygen atoms in total. The van der Waals surface area contributed by atoms with Crippen molar-refractivity contribution in [2.75, 3.05) is 12.4 Å². The summed E-state index contributed by atoms with van der Waals surface area (Å²) < 4.78 is 10.1. The highest BCUT2D eigenvalue weighted by atomic mass is 16.5. The molecule has 2 aromatic rings. The first kappa shape index (κ1) is 14.3. The molecule has 0 aliphatic heterocycles. The summed E-state index contributed by atoms with van der Waals surface area (Å²) in [7, 11) is 1.64. The fourth-order valence-corrected chi connectivity index (χ4v) is 2.03. The van der Waals surface area contributed by atoms with Crippen LogP contribution in [0.4, 0.5) is 5.69 Å². The van der Waals surface area contributed by atoms with Crippen molar-refractivity contribution in [1.29, 1.82) is 0 Å². The Labute approximate surface area is 117 Å². The Kier molecular flexibility index (Phi) is 4.53. The van der Waals surface area contributed by atoms with Gasteiger partial charge in [0, 0.05) is 18.4 Å². The van der Waals surface area contributed by atoms with Crippen molar-refractivity contribution in [2.24, 2.45) is 0 Å². The Balaban J connectivity index is 2.03. The van der Waals surface area contributed by atoms with Crippen LogP contribution in [0, 0.1) is 13.8 Å². The first-order chi connectivity index (χ1) is 9.60. The fourth-order valence-electron chi connectivity index (χ4n) is 2.03. The van der Waals surface area contributed by atoms with Crippen LogP contribution in [0.3, 0.4) is 0 Å². The van der Waals surface area contributed by atoms with Gasteiger partial charge in [-0.3, -0.25) is 4.79 Å². The standard InChI is InChI=1S/C15H18N2O3/c1-10-14(11(2)20-17-10)8-15(18)16-13-6-4-5-12(7-13)9-19-3/h4-7H,8-9H2,1-3H3,(H,16,18). The van der Waals surface area contributed by atoms with E-state index in [9.17, 15) is 4.79 Å². The van der Waals surface area contributed by atoms with E-state index in [4.69, 9.17) is 9.26 Å². The largest absolute Gasteiger partial charge is 0.380 e. The van der Waals surface area contributed by atoms with Crippen molar-refractivity contribution in [1.82, 2.24) is 5.16 Å². The number of hydrogen-bond donors (Lipinski definition) is 1. The molecule has 0 saturated heterocycles. The second-order valence-corrected chi connectivity index (χ2v) is 4.66. The Morgan fingerprint density at radius 3 is 2.85 bits per heavy atom. The minimum Gasteiger partial charge on any atom is -0.380 e. The number of methoxy groups -OCH3 is 1. The molecule has 1 aromatic carbocycles. The molecule has 0 unspecified atom stereocenters. The van der Waals surface area contributed by atoms with Crippen molar-refractivity contribution < 1.29 is 14.1 Å². The molecule has 0 bridgehead atoms. The molecular weight excluding hydrogens is 256 g/mol. The van der Waals surface area contributed by atoms with Gasteiger partial charge < -0.3 is 14.6 Å². The minimum absolute atomic E-state index is 0.0889. The third-order valence-corrected chi connectivity index (χ3v) is 3.04. The normalized spacial score (nSPS) is 10.6. The Hall–Kier alpha value is -2.14. The topological polar surface area (TPSA) is 64.4 Å². The van der Waals surface area contributed by atoms with Crippen molar-refractivity contribution >= 4 is 11.6 Å². The Bertz CT molecular complexity index is 585. The molecule has 0 aliphatic carbocycles. The number of carbonyl (C=O) groups excluding carboxylic acids is 1. The second kappa shape index (κ2) is 6.34. The predicted octanol–water partition coefficient (Wildman–Crippen LogP) is 2.62. The summed E-state index contributed by atoms with van der Waals surface area (Å²) in [5.74, 6) is 0.597. The van der Waals surface area contributed by atoms with E-state index >= 15 is 0 Å². The number of rotatable bonds is 5. The quantitative estimate of drug-likeness (QED) is 0.910. The van der Waals surface area contributed by atoms with Gasteiger partial charge in [-0.15, -0.1) is 0 Å². The van der Waals surface area contributed by atoms with Crippen molar-refractivity contribution in [3.63, 3.8) is 0 Å². The van der Waals surface area contributed by atoms with Gasteiger partial charge in [-0.25, -0.2) is 0 Å². The average molecular weight is 274 g/mol. The molecule has 0 saturated carbocycles. The van der Waals surface area contributed by atoms with Gasteiger partial charge in [0.15, 0.2) is 0 Å². The van der Waals surface area contributed by atoms with Crippen LogP contribution in [0.5, 0.6) is 0 Å². The third-order valence-electron chi connectivity index (χ3n) is 3.04. The van der Waals surface area contributed by atoms with Gasteiger partial charge in [0.05, 0.1) is 18.7 Å². The summed E-state index contributed by atoms with van der Waals surface area (Å²) in [5, 5.41) is 6.71. The van der Waals surface area contributed by atoms with E-state index in [1.54, 1.807) is 7.11 Å². The summed E-state index contributed by atoms with van der Waals surface area (Å²) in [5.41, 5.74) is 3.38. The minimum atomic E-state index is -0.0889.